The number of thioether (sulfide) groups is 1. The van der Waals surface area contributed by atoms with Crippen molar-refractivity contribution in [1.82, 2.24) is 14.8 Å². The molecule has 1 N–H and O–H groups in total. The van der Waals surface area contributed by atoms with Gasteiger partial charge in [0.2, 0.25) is 5.91 Å². The van der Waals surface area contributed by atoms with Gasteiger partial charge in [-0.25, -0.2) is 4.39 Å². The summed E-state index contributed by atoms with van der Waals surface area (Å²) in [6, 6.07) is 13.2. The van der Waals surface area contributed by atoms with Crippen molar-refractivity contribution < 1.29 is 9.18 Å². The van der Waals surface area contributed by atoms with Crippen LogP contribution in [0, 0.1) is 5.82 Å². The number of halogens is 1. The second kappa shape index (κ2) is 8.22. The topological polar surface area (TPSA) is 59.8 Å². The van der Waals surface area contributed by atoms with E-state index in [1.807, 2.05) is 10.6 Å². The zero-order valence-electron chi connectivity index (χ0n) is 16.6. The van der Waals surface area contributed by atoms with E-state index in [1.54, 1.807) is 18.2 Å². The highest BCUT2D eigenvalue weighted by molar-refractivity contribution is 7.99. The van der Waals surface area contributed by atoms with Gasteiger partial charge >= 0.3 is 0 Å². The van der Waals surface area contributed by atoms with Gasteiger partial charge in [-0.3, -0.25) is 9.36 Å². The first-order valence-corrected chi connectivity index (χ1v) is 11.4. The number of aryl methyl sites for hydroxylation is 2. The van der Waals surface area contributed by atoms with Gasteiger partial charge in [-0.1, -0.05) is 30.0 Å². The lowest BCUT2D eigenvalue weighted by Gasteiger charge is -2.10. The molecule has 1 fully saturated rings. The second-order valence-electron chi connectivity index (χ2n) is 7.87. The second-order valence-corrected chi connectivity index (χ2v) is 8.93. The van der Waals surface area contributed by atoms with Gasteiger partial charge in [-0.15, -0.1) is 10.2 Å². The van der Waals surface area contributed by atoms with Crippen LogP contribution in [0.15, 0.2) is 47.6 Å². The minimum Gasteiger partial charge on any atom is -0.326 e. The highest BCUT2D eigenvalue weighted by atomic mass is 32.2. The summed E-state index contributed by atoms with van der Waals surface area (Å²) in [7, 11) is 0. The summed E-state index contributed by atoms with van der Waals surface area (Å²) >= 11 is 1.50. The molecule has 2 aliphatic carbocycles. The zero-order chi connectivity index (χ0) is 20.5. The van der Waals surface area contributed by atoms with Gasteiger partial charge in [0.15, 0.2) is 11.0 Å². The van der Waals surface area contributed by atoms with E-state index in [1.165, 1.54) is 35.4 Å². The van der Waals surface area contributed by atoms with Crippen molar-refractivity contribution in [1.29, 1.82) is 0 Å². The molecule has 3 aromatic rings. The Hall–Kier alpha value is -2.67. The van der Waals surface area contributed by atoms with Crippen molar-refractivity contribution in [2.24, 2.45) is 0 Å². The quantitative estimate of drug-likeness (QED) is 0.543. The maximum atomic E-state index is 14.3. The molecule has 0 atom stereocenters. The van der Waals surface area contributed by atoms with E-state index >= 15 is 0 Å². The number of anilines is 1. The van der Waals surface area contributed by atoms with Crippen molar-refractivity contribution in [3.05, 3.63) is 59.4 Å². The van der Waals surface area contributed by atoms with Crippen molar-refractivity contribution in [3.8, 4) is 11.4 Å². The minimum absolute atomic E-state index is 0.00717. The fourth-order valence-electron chi connectivity index (χ4n) is 3.97. The van der Waals surface area contributed by atoms with Crippen LogP contribution in [-0.2, 0) is 17.6 Å². The van der Waals surface area contributed by atoms with E-state index in [-0.39, 0.29) is 11.7 Å². The third-order valence-corrected chi connectivity index (χ3v) is 6.58. The molecule has 7 heteroatoms. The molecule has 1 saturated carbocycles. The maximum absolute atomic E-state index is 14.3. The Balaban J connectivity index is 1.23. The third-order valence-electron chi connectivity index (χ3n) is 5.63. The number of nitrogens with zero attached hydrogens (tertiary/aromatic N) is 3. The predicted octanol–water partition coefficient (Wildman–Crippen LogP) is 5.03. The number of benzene rings is 2. The highest BCUT2D eigenvalue weighted by Gasteiger charge is 2.30. The molecule has 5 nitrogen and oxygen atoms in total. The van der Waals surface area contributed by atoms with Gasteiger partial charge in [0.25, 0.3) is 0 Å². The van der Waals surface area contributed by atoms with E-state index in [9.17, 15) is 9.18 Å². The summed E-state index contributed by atoms with van der Waals surface area (Å²) in [6.45, 7) is 0. The van der Waals surface area contributed by atoms with Gasteiger partial charge in [-0.05, 0) is 67.5 Å². The Kier molecular flexibility index (Phi) is 5.29. The molecule has 1 aromatic heterocycles. The van der Waals surface area contributed by atoms with Crippen molar-refractivity contribution in [2.75, 3.05) is 11.1 Å². The highest BCUT2D eigenvalue weighted by Crippen LogP contribution is 2.41. The van der Waals surface area contributed by atoms with Crippen molar-refractivity contribution in [3.63, 3.8) is 0 Å². The molecule has 0 aliphatic heterocycles. The number of amides is 1. The SMILES string of the molecule is O=C(CCSc1nnc(-c2ccccc2F)n1C1CC1)Nc1ccc2c(c1)CCC2. The molecule has 1 heterocycles. The van der Waals surface area contributed by atoms with Crippen LogP contribution in [0.4, 0.5) is 10.1 Å². The fraction of sp³-hybridized carbons (Fsp3) is 0.348. The number of hydrogen-bond acceptors (Lipinski definition) is 4. The molecule has 0 saturated heterocycles. The van der Waals surface area contributed by atoms with Crippen LogP contribution >= 0.6 is 11.8 Å². The van der Waals surface area contributed by atoms with Crippen LogP contribution in [0.5, 0.6) is 0 Å². The van der Waals surface area contributed by atoms with Gasteiger partial charge in [0.05, 0.1) is 5.56 Å². The van der Waals surface area contributed by atoms with Crippen LogP contribution in [0.25, 0.3) is 11.4 Å². The van der Waals surface area contributed by atoms with Crippen LogP contribution in [-0.4, -0.2) is 26.4 Å². The Morgan fingerprint density at radius 1 is 1.13 bits per heavy atom. The first kappa shape index (κ1) is 19.3. The number of hydrogen-bond donors (Lipinski definition) is 1. The standard InChI is InChI=1S/C23H23FN4OS/c24-20-7-2-1-6-19(20)22-26-27-23(28(22)18-10-11-18)30-13-12-21(29)25-17-9-8-15-4-3-5-16(15)14-17/h1-2,6-9,14,18H,3-5,10-13H2,(H,25,29). The van der Waals surface area contributed by atoms with Gasteiger partial charge < -0.3 is 5.32 Å². The maximum Gasteiger partial charge on any atom is 0.225 e. The third kappa shape index (κ3) is 3.99. The Bertz CT molecular complexity index is 1090. The molecule has 154 valence electrons. The zero-order valence-corrected chi connectivity index (χ0v) is 17.4. The molecule has 1 amide bonds. The normalized spacial score (nSPS) is 15.2. The minimum atomic E-state index is -0.294. The number of rotatable bonds is 7. The number of aromatic nitrogens is 3. The van der Waals surface area contributed by atoms with E-state index in [2.05, 4.69) is 27.6 Å². The van der Waals surface area contributed by atoms with Gasteiger partial charge in [0, 0.05) is 23.9 Å². The number of carbonyl (C=O) groups is 1. The van der Waals surface area contributed by atoms with Crippen LogP contribution in [0.2, 0.25) is 0 Å². The summed E-state index contributed by atoms with van der Waals surface area (Å²) in [6.07, 6.45) is 5.90. The summed E-state index contributed by atoms with van der Waals surface area (Å²) in [5.41, 5.74) is 4.08. The van der Waals surface area contributed by atoms with E-state index in [0.29, 0.717) is 29.6 Å². The smallest absolute Gasteiger partial charge is 0.225 e. The van der Waals surface area contributed by atoms with Crippen LogP contribution in [0.1, 0.15) is 42.9 Å². The van der Waals surface area contributed by atoms with Crippen molar-refractivity contribution >= 4 is 23.4 Å². The predicted molar refractivity (Wildman–Crippen MR) is 116 cm³/mol. The fourth-order valence-corrected chi connectivity index (χ4v) is 4.91. The molecule has 30 heavy (non-hydrogen) atoms. The number of fused-ring (bicyclic) bond motifs is 1. The molecule has 0 unspecified atom stereocenters. The van der Waals surface area contributed by atoms with Gasteiger partial charge in [-0.2, -0.15) is 0 Å². The summed E-state index contributed by atoms with van der Waals surface area (Å²) in [4.78, 5) is 12.4. The first-order chi connectivity index (χ1) is 14.7. The lowest BCUT2D eigenvalue weighted by atomic mass is 10.1. The summed E-state index contributed by atoms with van der Waals surface area (Å²) in [5, 5.41) is 12.3. The Morgan fingerprint density at radius 2 is 1.97 bits per heavy atom. The van der Waals surface area contributed by atoms with Gasteiger partial charge in [0.1, 0.15) is 5.82 Å². The molecule has 2 aromatic carbocycles. The monoisotopic (exact) mass is 422 g/mol. The largest absolute Gasteiger partial charge is 0.326 e. The Morgan fingerprint density at radius 3 is 2.80 bits per heavy atom. The molecule has 5 rings (SSSR count). The molecule has 2 aliphatic rings. The molecular weight excluding hydrogens is 399 g/mol. The lowest BCUT2D eigenvalue weighted by Crippen LogP contribution is -2.12. The average molecular weight is 423 g/mol. The number of nitrogens with one attached hydrogen (secondary N) is 1. The van der Waals surface area contributed by atoms with E-state index in [4.69, 9.17) is 0 Å². The molecule has 0 bridgehead atoms. The Labute approximate surface area is 179 Å². The summed E-state index contributed by atoms with van der Waals surface area (Å²) < 4.78 is 16.3. The average Bonchev–Trinajstić information content (AvgIpc) is 3.32. The molecule has 0 spiro atoms. The number of carbonyl (C=O) groups excluding carboxylic acids is 1. The summed E-state index contributed by atoms with van der Waals surface area (Å²) in [5.74, 6) is 0.865. The molecular formula is C23H23FN4OS. The first-order valence-electron chi connectivity index (χ1n) is 10.4. The molecule has 0 radical (unpaired) electrons. The lowest BCUT2D eigenvalue weighted by molar-refractivity contribution is -0.115. The van der Waals surface area contributed by atoms with E-state index < -0.39 is 0 Å². The van der Waals surface area contributed by atoms with Crippen LogP contribution < -0.4 is 5.32 Å². The van der Waals surface area contributed by atoms with E-state index in [0.717, 1.165) is 36.5 Å². The van der Waals surface area contributed by atoms with Crippen molar-refractivity contribution in [2.45, 2.75) is 49.7 Å². The van der Waals surface area contributed by atoms with Crippen LogP contribution in [0.3, 0.4) is 0 Å².